The first-order valence-corrected chi connectivity index (χ1v) is 12.9. The van der Waals surface area contributed by atoms with Crippen molar-refractivity contribution < 1.29 is 29.2 Å². The number of phenolic OH excluding ortho intramolecular Hbond substituents is 1. The number of hydrogen-bond acceptors (Lipinski definition) is 11. The van der Waals surface area contributed by atoms with Crippen LogP contribution in [0.5, 0.6) is 11.5 Å². The lowest BCUT2D eigenvalue weighted by atomic mass is 9.94. The molecule has 13 nitrogen and oxygen atoms in total. The number of aromatic hydroxyl groups is 1. The second-order valence-corrected chi connectivity index (χ2v) is 9.69. The van der Waals surface area contributed by atoms with E-state index in [4.69, 9.17) is 9.47 Å². The summed E-state index contributed by atoms with van der Waals surface area (Å²) in [6.45, 7) is 6.62. The summed E-state index contributed by atoms with van der Waals surface area (Å²) in [5.74, 6) is -1.48. The third-order valence-electron chi connectivity index (χ3n) is 6.13. The van der Waals surface area contributed by atoms with E-state index in [2.05, 4.69) is 4.99 Å². The Balaban J connectivity index is 1.99. The summed E-state index contributed by atoms with van der Waals surface area (Å²) in [6.07, 6.45) is 1.39. The number of esters is 1. The summed E-state index contributed by atoms with van der Waals surface area (Å²) in [6, 6.07) is 5.83. The molecule has 0 spiro atoms. The quantitative estimate of drug-likeness (QED) is 0.243. The average molecular weight is 569 g/mol. The fourth-order valence-corrected chi connectivity index (χ4v) is 5.40. The van der Waals surface area contributed by atoms with E-state index in [0.29, 0.717) is 11.1 Å². The van der Waals surface area contributed by atoms with Crippen LogP contribution in [-0.4, -0.2) is 38.7 Å². The molecule has 40 heavy (non-hydrogen) atoms. The van der Waals surface area contributed by atoms with Crippen LogP contribution in [-0.2, 0) is 9.53 Å². The van der Waals surface area contributed by atoms with Crippen LogP contribution in [0, 0.1) is 27.2 Å². The van der Waals surface area contributed by atoms with Gasteiger partial charge in [0, 0.05) is 17.7 Å². The van der Waals surface area contributed by atoms with E-state index in [1.807, 2.05) is 0 Å². The van der Waals surface area contributed by atoms with Gasteiger partial charge in [-0.05, 0) is 51.0 Å². The van der Waals surface area contributed by atoms with Crippen LogP contribution < -0.4 is 19.6 Å². The van der Waals surface area contributed by atoms with Gasteiger partial charge < -0.3 is 14.6 Å². The van der Waals surface area contributed by atoms with Crippen LogP contribution in [0.2, 0.25) is 0 Å². The maximum Gasteiger partial charge on any atom is 0.338 e. The predicted molar refractivity (Wildman–Crippen MR) is 144 cm³/mol. The molecule has 1 aliphatic rings. The standard InChI is InChI=1S/C26H24N4O9S/c1-5-38-19-10-15(9-18(23(19)31)30(36)37)11-20-24(32)28-22(16-8-7-13(3)17(12-16)29(34)35)21(25(33)39-6-2)14(4)27-26(28)40-20/h7-12,22,31H,5-6H2,1-4H3. The Hall–Kier alpha value is -4.85. The van der Waals surface area contributed by atoms with Gasteiger partial charge in [0.25, 0.3) is 11.2 Å². The number of phenols is 1. The number of nitrogens with zero attached hydrogens (tertiary/aromatic N) is 4. The molecule has 0 radical (unpaired) electrons. The Bertz CT molecular complexity index is 1770. The molecule has 1 N–H and O–H groups in total. The molecule has 14 heteroatoms. The van der Waals surface area contributed by atoms with Crippen molar-refractivity contribution in [2.75, 3.05) is 13.2 Å². The van der Waals surface area contributed by atoms with Gasteiger partial charge in [-0.1, -0.05) is 23.5 Å². The third kappa shape index (κ3) is 5.08. The summed E-state index contributed by atoms with van der Waals surface area (Å²) in [5, 5.41) is 33.4. The number of ether oxygens (including phenoxy) is 2. The van der Waals surface area contributed by atoms with Gasteiger partial charge in [-0.25, -0.2) is 9.79 Å². The largest absolute Gasteiger partial charge is 0.500 e. The lowest BCUT2D eigenvalue weighted by molar-refractivity contribution is -0.386. The number of carbonyl (C=O) groups excluding carboxylic acids is 1. The monoisotopic (exact) mass is 568 g/mol. The molecule has 3 aromatic rings. The van der Waals surface area contributed by atoms with Gasteiger partial charge in [-0.2, -0.15) is 0 Å². The van der Waals surface area contributed by atoms with Crippen molar-refractivity contribution in [3.8, 4) is 11.5 Å². The molecule has 4 rings (SSSR count). The highest BCUT2D eigenvalue weighted by molar-refractivity contribution is 7.07. The lowest BCUT2D eigenvalue weighted by Gasteiger charge is -2.24. The maximum absolute atomic E-state index is 13.8. The number of nitro groups is 2. The Morgan fingerprint density at radius 3 is 2.45 bits per heavy atom. The molecule has 1 unspecified atom stereocenters. The van der Waals surface area contributed by atoms with E-state index >= 15 is 0 Å². The molecule has 0 bridgehead atoms. The molecular weight excluding hydrogens is 544 g/mol. The van der Waals surface area contributed by atoms with E-state index in [1.54, 1.807) is 33.8 Å². The number of aromatic nitrogens is 1. The molecule has 2 heterocycles. The van der Waals surface area contributed by atoms with Gasteiger partial charge in [0.15, 0.2) is 10.6 Å². The minimum Gasteiger partial charge on any atom is -0.500 e. The van der Waals surface area contributed by atoms with Crippen molar-refractivity contribution in [2.24, 2.45) is 4.99 Å². The first-order chi connectivity index (χ1) is 19.0. The van der Waals surface area contributed by atoms with Crippen LogP contribution in [0.1, 0.15) is 43.5 Å². The average Bonchev–Trinajstić information content (AvgIpc) is 3.19. The molecule has 0 saturated carbocycles. The van der Waals surface area contributed by atoms with E-state index in [0.717, 1.165) is 17.4 Å². The first-order valence-electron chi connectivity index (χ1n) is 12.1. The van der Waals surface area contributed by atoms with Crippen molar-refractivity contribution in [2.45, 2.75) is 33.7 Å². The summed E-state index contributed by atoms with van der Waals surface area (Å²) in [4.78, 5) is 53.3. The molecule has 0 amide bonds. The Morgan fingerprint density at radius 1 is 1.12 bits per heavy atom. The fourth-order valence-electron chi connectivity index (χ4n) is 4.35. The summed E-state index contributed by atoms with van der Waals surface area (Å²) in [5.41, 5.74) is -0.120. The minimum absolute atomic E-state index is 0.0536. The van der Waals surface area contributed by atoms with Crippen molar-refractivity contribution in [1.29, 1.82) is 0 Å². The second kappa shape index (κ2) is 11.1. The number of thiazole rings is 1. The number of aryl methyl sites for hydroxylation is 1. The van der Waals surface area contributed by atoms with Crippen molar-refractivity contribution in [3.05, 3.63) is 98.2 Å². The molecule has 2 aromatic carbocycles. The molecule has 0 fully saturated rings. The van der Waals surface area contributed by atoms with Crippen LogP contribution >= 0.6 is 11.3 Å². The Labute approximate surface area is 230 Å². The van der Waals surface area contributed by atoms with Crippen LogP contribution in [0.4, 0.5) is 11.4 Å². The number of benzene rings is 2. The summed E-state index contributed by atoms with van der Waals surface area (Å²) >= 11 is 0.972. The molecule has 1 atom stereocenters. The van der Waals surface area contributed by atoms with Gasteiger partial charge >= 0.3 is 11.7 Å². The SMILES string of the molecule is CCOC(=O)C1=C(C)N=c2sc(=Cc3cc(OCC)c(O)c([N+](=O)[O-])c3)c(=O)n2C1c1ccc(C)c([N+](=O)[O-])c1. The maximum atomic E-state index is 13.8. The normalized spacial score (nSPS) is 14.9. The van der Waals surface area contributed by atoms with Crippen LogP contribution in [0.25, 0.3) is 6.08 Å². The van der Waals surface area contributed by atoms with Crippen molar-refractivity contribution in [1.82, 2.24) is 4.57 Å². The number of carbonyl (C=O) groups is 1. The number of fused-ring (bicyclic) bond motifs is 1. The molecule has 1 aromatic heterocycles. The zero-order chi connectivity index (χ0) is 29.3. The summed E-state index contributed by atoms with van der Waals surface area (Å²) < 4.78 is 11.9. The van der Waals surface area contributed by atoms with Crippen molar-refractivity contribution >= 4 is 34.8 Å². The smallest absolute Gasteiger partial charge is 0.338 e. The first kappa shape index (κ1) is 28.2. The number of hydrogen-bond donors (Lipinski definition) is 1. The van der Waals surface area contributed by atoms with Gasteiger partial charge in [-0.3, -0.25) is 29.6 Å². The molecular formula is C26H24N4O9S. The predicted octanol–water partition coefficient (Wildman–Crippen LogP) is 3.03. The Morgan fingerprint density at radius 2 is 1.82 bits per heavy atom. The third-order valence-corrected chi connectivity index (χ3v) is 7.12. The highest BCUT2D eigenvalue weighted by Crippen LogP contribution is 2.37. The van der Waals surface area contributed by atoms with Crippen LogP contribution in [0.3, 0.4) is 0 Å². The molecule has 1 aliphatic heterocycles. The zero-order valence-corrected chi connectivity index (χ0v) is 22.7. The Kier molecular flexibility index (Phi) is 7.81. The van der Waals surface area contributed by atoms with Gasteiger partial charge in [0.1, 0.15) is 0 Å². The van der Waals surface area contributed by atoms with Gasteiger partial charge in [0.2, 0.25) is 5.75 Å². The zero-order valence-electron chi connectivity index (χ0n) is 21.9. The number of rotatable bonds is 8. The van der Waals surface area contributed by atoms with Gasteiger partial charge in [-0.15, -0.1) is 0 Å². The molecule has 0 saturated heterocycles. The highest BCUT2D eigenvalue weighted by Gasteiger charge is 2.34. The number of nitro benzene ring substituents is 2. The molecule has 0 aliphatic carbocycles. The summed E-state index contributed by atoms with van der Waals surface area (Å²) in [7, 11) is 0. The van der Waals surface area contributed by atoms with Crippen LogP contribution in [0.15, 0.2) is 51.4 Å². The van der Waals surface area contributed by atoms with E-state index in [1.165, 1.54) is 28.8 Å². The highest BCUT2D eigenvalue weighted by atomic mass is 32.1. The second-order valence-electron chi connectivity index (χ2n) is 8.68. The minimum atomic E-state index is -1.08. The topological polar surface area (TPSA) is 176 Å². The van der Waals surface area contributed by atoms with Crippen molar-refractivity contribution in [3.63, 3.8) is 0 Å². The lowest BCUT2D eigenvalue weighted by Crippen LogP contribution is -2.40. The molecule has 208 valence electrons. The van der Waals surface area contributed by atoms with Gasteiger partial charge in [0.05, 0.1) is 44.9 Å². The number of allylic oxidation sites excluding steroid dienone is 1. The fraction of sp³-hybridized carbons (Fsp3) is 0.269. The van der Waals surface area contributed by atoms with E-state index in [9.17, 15) is 34.9 Å². The van der Waals surface area contributed by atoms with E-state index < -0.39 is 38.9 Å². The van der Waals surface area contributed by atoms with E-state index in [-0.39, 0.29) is 50.8 Å².